The molecule has 8 N–H and O–H groups in total. The van der Waals surface area contributed by atoms with Gasteiger partial charge in [0.05, 0.1) is 56.6 Å². The third-order valence-corrected chi connectivity index (χ3v) is 14.8. The van der Waals surface area contributed by atoms with Gasteiger partial charge in [0.1, 0.15) is 6.29 Å². The molecule has 0 radical (unpaired) electrons. The van der Waals surface area contributed by atoms with Crippen LogP contribution in [0.1, 0.15) is 114 Å². The highest BCUT2D eigenvalue weighted by Crippen LogP contribution is 2.33. The van der Waals surface area contributed by atoms with Gasteiger partial charge < -0.3 is 31.6 Å². The molecule has 71 heavy (non-hydrogen) atoms. The first-order chi connectivity index (χ1) is 33.5. The van der Waals surface area contributed by atoms with Crippen molar-refractivity contribution in [3.05, 3.63) is 102 Å². The van der Waals surface area contributed by atoms with E-state index in [1.807, 2.05) is 52.0 Å². The van der Waals surface area contributed by atoms with Crippen LogP contribution in [-0.2, 0) is 55.1 Å². The van der Waals surface area contributed by atoms with E-state index in [-0.39, 0.29) is 75.4 Å². The molecule has 382 valence electrons. The first kappa shape index (κ1) is 55.4. The number of nitrogens with one attached hydrogen (secondary N) is 4. The maximum atomic E-state index is 13.1. The molecule has 1 aliphatic heterocycles. The lowest BCUT2D eigenvalue weighted by molar-refractivity contribution is -0.154. The zero-order chi connectivity index (χ0) is 52.0. The number of nitrogens with two attached hydrogens (primary N) is 2. The van der Waals surface area contributed by atoms with Gasteiger partial charge in [0.25, 0.3) is 0 Å². The summed E-state index contributed by atoms with van der Waals surface area (Å²) in [4.78, 5) is 61.1. The highest BCUT2D eigenvalue weighted by Gasteiger charge is 2.32. The zero-order valence-electron chi connectivity index (χ0n) is 40.9. The number of ether oxygens (including phenoxy) is 2. The number of hydrogen-bond donors (Lipinski definition) is 6. The molecule has 20 heteroatoms. The monoisotopic (exact) mass is 1020 g/mol. The van der Waals surface area contributed by atoms with Gasteiger partial charge in [-0.05, 0) is 163 Å². The normalized spacial score (nSPS) is 18.6. The SMILES string of the molecule is CC(=O)Nc1ccc(C2=Nc3ccc(S(=O)(=O)NC4CCC(C(=O)OC(C)C)CC4)cc3C2)cc1.CC(=O)Nc1ccc(C=O)cc1.CC(C)OC(=O)C1CCC(NS(=O)(=O)c2ccc(N)c(N)c2)CC1. The summed E-state index contributed by atoms with van der Waals surface area (Å²) >= 11 is 0. The van der Waals surface area contributed by atoms with E-state index in [4.69, 9.17) is 20.9 Å². The minimum Gasteiger partial charge on any atom is -0.463 e. The maximum absolute atomic E-state index is 13.1. The summed E-state index contributed by atoms with van der Waals surface area (Å²) in [5.41, 5.74) is 17.3. The van der Waals surface area contributed by atoms with E-state index in [0.717, 1.165) is 28.8 Å². The fourth-order valence-electron chi connectivity index (χ4n) is 8.16. The van der Waals surface area contributed by atoms with Crippen molar-refractivity contribution in [1.82, 2.24) is 9.44 Å². The second kappa shape index (κ2) is 25.1. The molecule has 2 aliphatic carbocycles. The number of hydrogen-bond acceptors (Lipinski definition) is 14. The molecule has 1 heterocycles. The average molecular weight is 1020 g/mol. The van der Waals surface area contributed by atoms with Gasteiger partial charge in [-0.2, -0.15) is 0 Å². The van der Waals surface area contributed by atoms with Crippen molar-refractivity contribution in [2.45, 2.75) is 133 Å². The first-order valence-corrected chi connectivity index (χ1v) is 26.5. The molecule has 0 bridgehead atoms. The molecule has 4 aromatic carbocycles. The molecule has 2 fully saturated rings. The Morgan fingerprint density at radius 3 is 1.46 bits per heavy atom. The molecule has 0 atom stereocenters. The van der Waals surface area contributed by atoms with Crippen molar-refractivity contribution in [1.29, 1.82) is 0 Å². The van der Waals surface area contributed by atoms with Gasteiger partial charge in [-0.25, -0.2) is 26.3 Å². The Labute approximate surface area is 416 Å². The Balaban J connectivity index is 0.000000224. The number of amides is 2. The summed E-state index contributed by atoms with van der Waals surface area (Å²) in [7, 11) is -7.35. The van der Waals surface area contributed by atoms with Crippen molar-refractivity contribution in [2.75, 3.05) is 22.1 Å². The number of carbonyl (C=O) groups is 5. The minimum absolute atomic E-state index is 0.0931. The van der Waals surface area contributed by atoms with Crippen LogP contribution in [0.4, 0.5) is 28.4 Å². The van der Waals surface area contributed by atoms with E-state index >= 15 is 0 Å². The molecule has 0 unspecified atom stereocenters. The number of rotatable bonds is 14. The van der Waals surface area contributed by atoms with E-state index in [1.54, 1.807) is 42.5 Å². The van der Waals surface area contributed by atoms with Crippen molar-refractivity contribution in [2.24, 2.45) is 16.8 Å². The van der Waals surface area contributed by atoms with Crippen LogP contribution in [0.3, 0.4) is 0 Å². The summed E-state index contributed by atoms with van der Waals surface area (Å²) in [6.45, 7) is 10.2. The Hall–Kier alpha value is -6.48. The fourth-order valence-corrected chi connectivity index (χ4v) is 10.9. The molecule has 2 amide bonds. The number of benzene rings is 4. The quantitative estimate of drug-likeness (QED) is 0.0414. The smallest absolute Gasteiger partial charge is 0.309 e. The van der Waals surface area contributed by atoms with Crippen LogP contribution in [-0.4, -0.2) is 76.9 Å². The lowest BCUT2D eigenvalue weighted by Gasteiger charge is -2.28. The van der Waals surface area contributed by atoms with Gasteiger partial charge in [0, 0.05) is 49.3 Å². The van der Waals surface area contributed by atoms with E-state index in [2.05, 4.69) is 25.1 Å². The van der Waals surface area contributed by atoms with Gasteiger partial charge in [-0.3, -0.25) is 29.0 Å². The third kappa shape index (κ3) is 16.8. The Morgan fingerprint density at radius 2 is 1.04 bits per heavy atom. The van der Waals surface area contributed by atoms with Crippen LogP contribution < -0.4 is 31.5 Å². The Morgan fingerprint density at radius 1 is 0.606 bits per heavy atom. The van der Waals surface area contributed by atoms with Gasteiger partial charge in [-0.1, -0.05) is 12.1 Å². The fraction of sp³-hybridized carbons (Fsp3) is 0.412. The number of anilines is 4. The van der Waals surface area contributed by atoms with Gasteiger partial charge in [0.2, 0.25) is 31.9 Å². The van der Waals surface area contributed by atoms with Gasteiger partial charge in [0.15, 0.2) is 0 Å². The molecule has 3 aliphatic rings. The lowest BCUT2D eigenvalue weighted by Crippen LogP contribution is -2.39. The van der Waals surface area contributed by atoms with Crippen molar-refractivity contribution in [3.8, 4) is 0 Å². The molecule has 0 saturated heterocycles. The van der Waals surface area contributed by atoms with E-state index < -0.39 is 20.0 Å². The predicted molar refractivity (Wildman–Crippen MR) is 273 cm³/mol. The van der Waals surface area contributed by atoms with Crippen LogP contribution in [0.5, 0.6) is 0 Å². The predicted octanol–water partition coefficient (Wildman–Crippen LogP) is 7.21. The molecule has 18 nitrogen and oxygen atoms in total. The van der Waals surface area contributed by atoms with Crippen molar-refractivity contribution < 1.29 is 50.3 Å². The van der Waals surface area contributed by atoms with E-state index in [1.165, 1.54) is 32.0 Å². The molecule has 2 saturated carbocycles. The second-order valence-corrected chi connectivity index (χ2v) is 21.7. The molecule has 4 aromatic rings. The number of fused-ring (bicyclic) bond motifs is 1. The van der Waals surface area contributed by atoms with Crippen molar-refractivity contribution in [3.63, 3.8) is 0 Å². The van der Waals surface area contributed by atoms with Crippen molar-refractivity contribution >= 4 is 84.2 Å². The summed E-state index contributed by atoms with van der Waals surface area (Å²) < 4.78 is 67.0. The second-order valence-electron chi connectivity index (χ2n) is 18.3. The van der Waals surface area contributed by atoms with Crippen LogP contribution in [0, 0.1) is 11.8 Å². The van der Waals surface area contributed by atoms with Crippen LogP contribution in [0.2, 0.25) is 0 Å². The standard InChI is InChI=1S/C26H31N3O5S.C16H25N3O4S.C9H9NO2/c1-16(2)34-26(31)19-6-10-22(11-7-19)29-35(32,33)23-12-13-24-20(14-23)15-25(28-24)18-4-8-21(9-5-18)27-17(3)30;1-10(2)23-16(20)11-3-5-12(6-4-11)19-24(21,22)13-7-8-14(17)15(18)9-13;1-7(12)10-9-4-2-8(6-11)3-5-9/h4-5,8-9,12-14,16,19,22,29H,6-7,10-11,15H2,1-3H3,(H,27,30);7-12,19H,3-6,17-18H2,1-2H3;2-6H,1H3,(H,10,12). The third-order valence-electron chi connectivity index (χ3n) is 11.7. The summed E-state index contributed by atoms with van der Waals surface area (Å²) in [6, 6.07) is 23.0. The molecule has 7 rings (SSSR count). The number of nitrogen functional groups attached to an aromatic ring is 2. The number of carbonyl (C=O) groups excluding carboxylic acids is 5. The largest absolute Gasteiger partial charge is 0.463 e. The molecule has 0 aromatic heterocycles. The van der Waals surface area contributed by atoms with Crippen LogP contribution in [0.15, 0.2) is 99.7 Å². The van der Waals surface area contributed by atoms with Gasteiger partial charge in [-0.15, -0.1) is 0 Å². The number of aliphatic imine (C=N–C) groups is 1. The zero-order valence-corrected chi connectivity index (χ0v) is 42.5. The topological polar surface area (TPSA) is 285 Å². The summed E-state index contributed by atoms with van der Waals surface area (Å²) in [5, 5.41) is 5.34. The summed E-state index contributed by atoms with van der Waals surface area (Å²) in [5.74, 6) is -0.958. The molecular formula is C51H65N7O11S2. The first-order valence-electron chi connectivity index (χ1n) is 23.5. The number of aldehydes is 1. The Kier molecular flexibility index (Phi) is 19.6. The van der Waals surface area contributed by atoms with Gasteiger partial charge >= 0.3 is 11.9 Å². The molecule has 0 spiro atoms. The van der Waals surface area contributed by atoms with E-state index in [0.29, 0.717) is 80.4 Å². The molecular weight excluding hydrogens is 951 g/mol. The van der Waals surface area contributed by atoms with E-state index in [9.17, 15) is 40.8 Å². The number of sulfonamides is 2. The number of esters is 2. The maximum Gasteiger partial charge on any atom is 0.309 e. The highest BCUT2D eigenvalue weighted by molar-refractivity contribution is 7.89. The summed E-state index contributed by atoms with van der Waals surface area (Å²) in [6.07, 6.45) is 5.86. The lowest BCUT2D eigenvalue weighted by atomic mass is 9.86. The highest BCUT2D eigenvalue weighted by atomic mass is 32.2. The number of nitrogens with zero attached hydrogens (tertiary/aromatic N) is 1. The Bertz CT molecular complexity index is 2780. The average Bonchev–Trinajstić information content (AvgIpc) is 3.74. The van der Waals surface area contributed by atoms with Crippen LogP contribution >= 0.6 is 0 Å². The van der Waals surface area contributed by atoms with Crippen LogP contribution in [0.25, 0.3) is 0 Å². The minimum atomic E-state index is -3.69.